The van der Waals surface area contributed by atoms with Gasteiger partial charge in [-0.15, -0.1) is 0 Å². The van der Waals surface area contributed by atoms with Crippen LogP contribution in [0.2, 0.25) is 0 Å². The van der Waals surface area contributed by atoms with Crippen LogP contribution in [0.25, 0.3) is 0 Å². The molecule has 1 rings (SSSR count). The van der Waals surface area contributed by atoms with Gasteiger partial charge in [0.25, 0.3) is 0 Å². The fourth-order valence-electron chi connectivity index (χ4n) is 0.939. The van der Waals surface area contributed by atoms with Crippen LogP contribution in [0, 0.1) is 37.3 Å². The number of rotatable bonds is 4. The molecule has 0 fully saturated rings. The minimum Gasteiger partial charge on any atom is -0.390 e. The third-order valence-corrected chi connectivity index (χ3v) is 1.55. The molecule has 0 saturated heterocycles. The van der Waals surface area contributed by atoms with Gasteiger partial charge in [-0.1, -0.05) is 0 Å². The Morgan fingerprint density at radius 3 is 2.00 bits per heavy atom. The lowest BCUT2D eigenvalue weighted by atomic mass is 10.7. The van der Waals surface area contributed by atoms with Gasteiger partial charge in [0, 0.05) is 12.0 Å². The van der Waals surface area contributed by atoms with Gasteiger partial charge in [-0.25, -0.2) is 0 Å². The molecule has 1 aromatic rings. The second-order valence-electron chi connectivity index (χ2n) is 2.58. The minimum atomic E-state index is -2.42. The van der Waals surface area contributed by atoms with Crippen LogP contribution in [0.4, 0.5) is 5.95 Å². The molecule has 0 bridgehead atoms. The van der Waals surface area contributed by atoms with E-state index in [1.165, 1.54) is 0 Å². The Morgan fingerprint density at radius 1 is 1.19 bits per heavy atom. The smallest absolute Gasteiger partial charge is 0.390 e. The van der Waals surface area contributed by atoms with Gasteiger partial charge in [0.05, 0.1) is 0 Å². The van der Waals surface area contributed by atoms with Gasteiger partial charge in [-0.3, -0.25) is 20.2 Å². The maximum Gasteiger partial charge on any atom is 0.567 e. The normalized spacial score (nSPS) is 10.4. The van der Waals surface area contributed by atoms with Gasteiger partial charge in [-0.2, -0.15) is 0 Å². The SMILES string of the molecule is Cc1nc([N+](=O)[O-])nn1C([N+](=O)[O-])[N+](=O)[O-]. The zero-order valence-corrected chi connectivity index (χ0v) is 7.71. The molecule has 0 aliphatic rings. The third-order valence-electron chi connectivity index (χ3n) is 1.55. The molecule has 0 aliphatic heterocycles. The van der Waals surface area contributed by atoms with Crippen LogP contribution in [0.3, 0.4) is 0 Å². The summed E-state index contributed by atoms with van der Waals surface area (Å²) in [6.45, 7) is 1.14. The first-order valence-electron chi connectivity index (χ1n) is 3.69. The van der Waals surface area contributed by atoms with Crippen molar-refractivity contribution in [3.63, 3.8) is 0 Å². The fraction of sp³-hybridized carbons (Fsp3) is 0.500. The summed E-state index contributed by atoms with van der Waals surface area (Å²) < 4.78 is 0.276. The Hall–Kier alpha value is -2.66. The highest BCUT2D eigenvalue weighted by Crippen LogP contribution is 2.13. The van der Waals surface area contributed by atoms with Gasteiger partial charge < -0.3 is 10.1 Å². The molecule has 0 spiro atoms. The highest BCUT2D eigenvalue weighted by molar-refractivity contribution is 5.03. The molecule has 0 unspecified atom stereocenters. The van der Waals surface area contributed by atoms with E-state index in [0.29, 0.717) is 0 Å². The molecule has 16 heavy (non-hydrogen) atoms. The van der Waals surface area contributed by atoms with E-state index in [0.717, 1.165) is 6.92 Å². The molecule has 1 aromatic heterocycles. The Bertz CT molecular complexity index is 452. The summed E-state index contributed by atoms with van der Waals surface area (Å²) >= 11 is 0. The second kappa shape index (κ2) is 3.84. The van der Waals surface area contributed by atoms with Crippen molar-refractivity contribution in [2.45, 2.75) is 13.2 Å². The third kappa shape index (κ3) is 1.89. The van der Waals surface area contributed by atoms with Crippen LogP contribution >= 0.6 is 0 Å². The number of nitrogens with zero attached hydrogens (tertiary/aromatic N) is 6. The molecule has 0 saturated carbocycles. The van der Waals surface area contributed by atoms with Gasteiger partial charge in [0.1, 0.15) is 9.85 Å². The Kier molecular flexibility index (Phi) is 2.74. The van der Waals surface area contributed by atoms with E-state index in [2.05, 4.69) is 10.1 Å². The van der Waals surface area contributed by atoms with Crippen LogP contribution in [0.15, 0.2) is 0 Å². The number of aromatic nitrogens is 3. The van der Waals surface area contributed by atoms with Gasteiger partial charge in [0.2, 0.25) is 5.82 Å². The molecular formula is C4H4N6O6. The summed E-state index contributed by atoms with van der Waals surface area (Å²) in [5.74, 6) is -1.21. The van der Waals surface area contributed by atoms with Crippen molar-refractivity contribution >= 4 is 5.95 Å². The van der Waals surface area contributed by atoms with Crippen molar-refractivity contribution in [2.24, 2.45) is 0 Å². The zero-order valence-electron chi connectivity index (χ0n) is 7.71. The van der Waals surface area contributed by atoms with Crippen LogP contribution in [-0.2, 0) is 0 Å². The van der Waals surface area contributed by atoms with Gasteiger partial charge in [0.15, 0.2) is 0 Å². The predicted octanol–water partition coefficient (Wildman–Crippen LogP) is -0.496. The summed E-state index contributed by atoms with van der Waals surface area (Å²) in [6, 6.07) is 0. The first kappa shape index (κ1) is 11.4. The first-order chi connectivity index (χ1) is 7.34. The van der Waals surface area contributed by atoms with Crippen molar-refractivity contribution in [2.75, 3.05) is 0 Å². The van der Waals surface area contributed by atoms with Gasteiger partial charge >= 0.3 is 12.2 Å². The maximum absolute atomic E-state index is 10.4. The summed E-state index contributed by atoms with van der Waals surface area (Å²) in [5, 5.41) is 34.1. The standard InChI is InChI=1S/C4H4N6O6/c1-2-5-3(8(11)12)6-7(2)4(9(13)14)10(15)16/h4H,1H3. The molecule has 0 N–H and O–H groups in total. The molecule has 86 valence electrons. The monoisotopic (exact) mass is 232 g/mol. The molecule has 0 radical (unpaired) electrons. The highest BCUT2D eigenvalue weighted by atomic mass is 16.7. The minimum absolute atomic E-state index is 0.276. The predicted molar refractivity (Wildman–Crippen MR) is 44.4 cm³/mol. The summed E-state index contributed by atoms with van der Waals surface area (Å²) in [5.41, 5.74) is 0. The van der Waals surface area contributed by atoms with Crippen molar-refractivity contribution in [1.82, 2.24) is 14.8 Å². The lowest BCUT2D eigenvalue weighted by Gasteiger charge is -1.97. The number of aryl methyl sites for hydroxylation is 1. The molecule has 1 heterocycles. The molecule has 12 heteroatoms. The molecule has 0 aromatic carbocycles. The van der Waals surface area contributed by atoms with E-state index in [4.69, 9.17) is 0 Å². The molecule has 12 nitrogen and oxygen atoms in total. The Morgan fingerprint density at radius 2 is 1.69 bits per heavy atom. The van der Waals surface area contributed by atoms with E-state index in [1.54, 1.807) is 0 Å². The van der Waals surface area contributed by atoms with E-state index in [9.17, 15) is 30.3 Å². The van der Waals surface area contributed by atoms with E-state index in [-0.39, 0.29) is 10.5 Å². The lowest BCUT2D eigenvalue weighted by Crippen LogP contribution is -2.28. The highest BCUT2D eigenvalue weighted by Gasteiger charge is 2.41. The maximum atomic E-state index is 10.4. The van der Waals surface area contributed by atoms with Crippen molar-refractivity contribution < 1.29 is 14.8 Å². The van der Waals surface area contributed by atoms with Crippen LogP contribution in [0.5, 0.6) is 0 Å². The first-order valence-corrected chi connectivity index (χ1v) is 3.69. The van der Waals surface area contributed by atoms with E-state index < -0.39 is 27.0 Å². The van der Waals surface area contributed by atoms with Crippen LogP contribution in [-0.4, -0.2) is 29.5 Å². The molecule has 0 aliphatic carbocycles. The average Bonchev–Trinajstić information content (AvgIpc) is 2.47. The number of hydrogen-bond donors (Lipinski definition) is 0. The number of hydrogen-bond acceptors (Lipinski definition) is 8. The molecule has 0 atom stereocenters. The van der Waals surface area contributed by atoms with Crippen LogP contribution < -0.4 is 0 Å². The molecular weight excluding hydrogens is 228 g/mol. The van der Waals surface area contributed by atoms with Crippen molar-refractivity contribution in [1.29, 1.82) is 0 Å². The fourth-order valence-corrected chi connectivity index (χ4v) is 0.939. The molecule has 0 amide bonds. The van der Waals surface area contributed by atoms with E-state index >= 15 is 0 Å². The second-order valence-corrected chi connectivity index (χ2v) is 2.58. The average molecular weight is 232 g/mol. The van der Waals surface area contributed by atoms with Gasteiger partial charge in [-0.05, 0) is 14.6 Å². The quantitative estimate of drug-likeness (QED) is 0.381. The Labute approximate surface area is 85.9 Å². The van der Waals surface area contributed by atoms with Crippen LogP contribution in [0.1, 0.15) is 12.1 Å². The van der Waals surface area contributed by atoms with Crippen molar-refractivity contribution in [3.05, 3.63) is 36.2 Å². The van der Waals surface area contributed by atoms with Crippen molar-refractivity contribution in [3.8, 4) is 0 Å². The largest absolute Gasteiger partial charge is 0.567 e. The van der Waals surface area contributed by atoms with E-state index in [1.807, 2.05) is 0 Å². The summed E-state index contributed by atoms with van der Waals surface area (Å²) in [4.78, 5) is 30.8. The Balaban J connectivity index is 3.25. The lowest BCUT2D eigenvalue weighted by molar-refractivity contribution is -0.775. The summed E-state index contributed by atoms with van der Waals surface area (Å²) in [7, 11) is 0. The number of nitro groups is 3. The topological polar surface area (TPSA) is 160 Å². The zero-order chi connectivity index (χ0) is 12.5. The summed E-state index contributed by atoms with van der Waals surface area (Å²) in [6.07, 6.45) is -2.42.